The van der Waals surface area contributed by atoms with Crippen LogP contribution in [0.5, 0.6) is 11.6 Å². The Kier molecular flexibility index (Phi) is 3.92. The lowest BCUT2D eigenvalue weighted by atomic mass is 10.1. The lowest BCUT2D eigenvalue weighted by Crippen LogP contribution is -1.97. The zero-order valence-corrected chi connectivity index (χ0v) is 11.5. The lowest BCUT2D eigenvalue weighted by Gasteiger charge is -2.11. The Bertz CT molecular complexity index is 569. The SMILES string of the molecule is CCc1cc2c(OC)cc(CCl)cc2nc1OC. The third-order valence-corrected chi connectivity index (χ3v) is 3.25. The monoisotopic (exact) mass is 265 g/mol. The van der Waals surface area contributed by atoms with Crippen molar-refractivity contribution in [3.8, 4) is 11.6 Å². The van der Waals surface area contributed by atoms with Crippen molar-refractivity contribution in [2.24, 2.45) is 0 Å². The number of benzene rings is 1. The lowest BCUT2D eigenvalue weighted by molar-refractivity contribution is 0.394. The number of fused-ring (bicyclic) bond motifs is 1. The Morgan fingerprint density at radius 1 is 1.17 bits per heavy atom. The predicted molar refractivity (Wildman–Crippen MR) is 73.8 cm³/mol. The molecule has 0 aliphatic rings. The van der Waals surface area contributed by atoms with Gasteiger partial charge in [-0.3, -0.25) is 0 Å². The highest BCUT2D eigenvalue weighted by molar-refractivity contribution is 6.17. The number of nitrogens with zero attached hydrogens (tertiary/aromatic N) is 1. The quantitative estimate of drug-likeness (QED) is 0.792. The molecule has 0 N–H and O–H groups in total. The van der Waals surface area contributed by atoms with Crippen LogP contribution in [0.2, 0.25) is 0 Å². The molecule has 0 amide bonds. The Morgan fingerprint density at radius 3 is 2.50 bits per heavy atom. The van der Waals surface area contributed by atoms with E-state index in [0.717, 1.165) is 34.2 Å². The average Bonchev–Trinajstić information content (AvgIpc) is 2.44. The molecule has 96 valence electrons. The largest absolute Gasteiger partial charge is 0.496 e. The second kappa shape index (κ2) is 5.44. The van der Waals surface area contributed by atoms with Gasteiger partial charge in [0.2, 0.25) is 5.88 Å². The number of ether oxygens (including phenoxy) is 2. The van der Waals surface area contributed by atoms with E-state index in [4.69, 9.17) is 21.1 Å². The van der Waals surface area contributed by atoms with Gasteiger partial charge in [0.05, 0.1) is 19.7 Å². The summed E-state index contributed by atoms with van der Waals surface area (Å²) in [5.41, 5.74) is 2.90. The van der Waals surface area contributed by atoms with Crippen molar-refractivity contribution < 1.29 is 9.47 Å². The van der Waals surface area contributed by atoms with Gasteiger partial charge in [0.25, 0.3) is 0 Å². The summed E-state index contributed by atoms with van der Waals surface area (Å²) in [7, 11) is 3.29. The molecule has 4 heteroatoms. The van der Waals surface area contributed by atoms with Gasteiger partial charge in [-0.1, -0.05) is 6.92 Å². The molecule has 0 aliphatic carbocycles. The van der Waals surface area contributed by atoms with Crippen molar-refractivity contribution in [3.63, 3.8) is 0 Å². The van der Waals surface area contributed by atoms with E-state index in [2.05, 4.69) is 18.0 Å². The molecule has 1 heterocycles. The molecular weight excluding hydrogens is 250 g/mol. The number of hydrogen-bond acceptors (Lipinski definition) is 3. The second-order valence-electron chi connectivity index (χ2n) is 4.01. The van der Waals surface area contributed by atoms with Crippen molar-refractivity contribution in [2.45, 2.75) is 19.2 Å². The molecule has 2 rings (SSSR count). The molecule has 0 unspecified atom stereocenters. The molecular formula is C14H16ClNO2. The third kappa shape index (κ3) is 2.23. The summed E-state index contributed by atoms with van der Waals surface area (Å²) in [6.07, 6.45) is 0.868. The first-order chi connectivity index (χ1) is 8.73. The van der Waals surface area contributed by atoms with Crippen LogP contribution in [0.1, 0.15) is 18.1 Å². The van der Waals surface area contributed by atoms with Crippen molar-refractivity contribution in [1.82, 2.24) is 4.98 Å². The molecule has 0 radical (unpaired) electrons. The first-order valence-electron chi connectivity index (χ1n) is 5.84. The number of aromatic nitrogens is 1. The number of alkyl halides is 1. The second-order valence-corrected chi connectivity index (χ2v) is 4.28. The fourth-order valence-electron chi connectivity index (χ4n) is 2.00. The van der Waals surface area contributed by atoms with E-state index in [1.165, 1.54) is 0 Å². The zero-order valence-electron chi connectivity index (χ0n) is 10.8. The van der Waals surface area contributed by atoms with Gasteiger partial charge in [0.1, 0.15) is 5.75 Å². The number of halogens is 1. The van der Waals surface area contributed by atoms with E-state index >= 15 is 0 Å². The summed E-state index contributed by atoms with van der Waals surface area (Å²) < 4.78 is 10.7. The van der Waals surface area contributed by atoms with Gasteiger partial charge in [0, 0.05) is 16.8 Å². The minimum Gasteiger partial charge on any atom is -0.496 e. The number of rotatable bonds is 4. The topological polar surface area (TPSA) is 31.4 Å². The average molecular weight is 266 g/mol. The molecule has 0 bridgehead atoms. The fraction of sp³-hybridized carbons (Fsp3) is 0.357. The summed E-state index contributed by atoms with van der Waals surface area (Å²) in [5.74, 6) is 1.90. The minimum absolute atomic E-state index is 0.436. The first kappa shape index (κ1) is 13.0. The van der Waals surface area contributed by atoms with Crippen LogP contribution in [-0.2, 0) is 12.3 Å². The molecule has 1 aromatic heterocycles. The van der Waals surface area contributed by atoms with Gasteiger partial charge in [-0.15, -0.1) is 11.6 Å². The van der Waals surface area contributed by atoms with Crippen molar-refractivity contribution in [1.29, 1.82) is 0 Å². The van der Waals surface area contributed by atoms with E-state index in [1.807, 2.05) is 12.1 Å². The third-order valence-electron chi connectivity index (χ3n) is 2.94. The summed E-state index contributed by atoms with van der Waals surface area (Å²) >= 11 is 5.87. The highest BCUT2D eigenvalue weighted by atomic mass is 35.5. The van der Waals surface area contributed by atoms with Gasteiger partial charge in [-0.05, 0) is 30.2 Å². The van der Waals surface area contributed by atoms with E-state index in [0.29, 0.717) is 11.8 Å². The number of pyridine rings is 1. The zero-order chi connectivity index (χ0) is 13.1. The molecule has 3 nitrogen and oxygen atoms in total. The summed E-state index contributed by atoms with van der Waals surface area (Å²) in [6, 6.07) is 5.98. The van der Waals surface area contributed by atoms with Crippen LogP contribution < -0.4 is 9.47 Å². The Labute approximate surface area is 112 Å². The smallest absolute Gasteiger partial charge is 0.216 e. The maximum atomic E-state index is 5.87. The van der Waals surface area contributed by atoms with Crippen molar-refractivity contribution >= 4 is 22.5 Å². The predicted octanol–water partition coefficient (Wildman–Crippen LogP) is 3.55. The molecule has 1 aromatic carbocycles. The van der Waals surface area contributed by atoms with Gasteiger partial charge < -0.3 is 9.47 Å². The Hall–Kier alpha value is -1.48. The fourth-order valence-corrected chi connectivity index (χ4v) is 2.15. The van der Waals surface area contributed by atoms with Gasteiger partial charge >= 0.3 is 0 Å². The minimum atomic E-state index is 0.436. The van der Waals surface area contributed by atoms with E-state index in [9.17, 15) is 0 Å². The number of aryl methyl sites for hydroxylation is 1. The summed E-state index contributed by atoms with van der Waals surface area (Å²) in [5, 5.41) is 0.990. The molecule has 18 heavy (non-hydrogen) atoms. The standard InChI is InChI=1S/C14H16ClNO2/c1-4-10-7-11-12(16-14(10)18-3)5-9(8-15)6-13(11)17-2/h5-7H,4,8H2,1-3H3. The van der Waals surface area contributed by atoms with Crippen molar-refractivity contribution in [3.05, 3.63) is 29.3 Å². The maximum absolute atomic E-state index is 5.87. The molecule has 0 fully saturated rings. The van der Waals surface area contributed by atoms with E-state index < -0.39 is 0 Å². The summed E-state index contributed by atoms with van der Waals surface area (Å²) in [4.78, 5) is 4.52. The molecule has 0 saturated heterocycles. The van der Waals surface area contributed by atoms with Crippen LogP contribution in [0, 0.1) is 0 Å². The van der Waals surface area contributed by atoms with Crippen LogP contribution in [0.3, 0.4) is 0 Å². The maximum Gasteiger partial charge on any atom is 0.216 e. The Morgan fingerprint density at radius 2 is 1.94 bits per heavy atom. The number of methoxy groups -OCH3 is 2. The summed E-state index contributed by atoms with van der Waals surface area (Å²) in [6.45, 7) is 2.07. The Balaban J connectivity index is 2.74. The van der Waals surface area contributed by atoms with Gasteiger partial charge in [-0.25, -0.2) is 4.98 Å². The van der Waals surface area contributed by atoms with Crippen LogP contribution in [0.4, 0.5) is 0 Å². The normalized spacial score (nSPS) is 10.7. The van der Waals surface area contributed by atoms with Crippen molar-refractivity contribution in [2.75, 3.05) is 14.2 Å². The molecule has 0 spiro atoms. The van der Waals surface area contributed by atoms with Crippen LogP contribution in [0.25, 0.3) is 10.9 Å². The van der Waals surface area contributed by atoms with Gasteiger partial charge in [0.15, 0.2) is 0 Å². The molecule has 0 atom stereocenters. The van der Waals surface area contributed by atoms with Gasteiger partial charge in [-0.2, -0.15) is 0 Å². The number of hydrogen-bond donors (Lipinski definition) is 0. The molecule has 0 saturated carbocycles. The van der Waals surface area contributed by atoms with Crippen LogP contribution >= 0.6 is 11.6 Å². The highest BCUT2D eigenvalue weighted by Crippen LogP contribution is 2.31. The van der Waals surface area contributed by atoms with E-state index in [-0.39, 0.29) is 0 Å². The first-order valence-corrected chi connectivity index (χ1v) is 6.37. The van der Waals surface area contributed by atoms with Crippen LogP contribution in [0.15, 0.2) is 18.2 Å². The molecule has 0 aliphatic heterocycles. The highest BCUT2D eigenvalue weighted by Gasteiger charge is 2.10. The van der Waals surface area contributed by atoms with E-state index in [1.54, 1.807) is 14.2 Å². The van der Waals surface area contributed by atoms with Crippen LogP contribution in [-0.4, -0.2) is 19.2 Å². The molecule has 2 aromatic rings.